The van der Waals surface area contributed by atoms with Gasteiger partial charge in [-0.15, -0.1) is 0 Å². The number of rotatable bonds is 4. The lowest BCUT2D eigenvalue weighted by Crippen LogP contribution is -2.40. The van der Waals surface area contributed by atoms with Gasteiger partial charge < -0.3 is 9.64 Å². The molecule has 10 heteroatoms. The summed E-state index contributed by atoms with van der Waals surface area (Å²) in [6, 6.07) is 5.05. The Kier molecular flexibility index (Phi) is 5.14. The van der Waals surface area contributed by atoms with Gasteiger partial charge in [0.05, 0.1) is 29.6 Å². The molecule has 0 radical (unpaired) electrons. The van der Waals surface area contributed by atoms with E-state index in [1.54, 1.807) is 4.90 Å². The largest absolute Gasteiger partial charge is 0.378 e. The molecule has 8 nitrogen and oxygen atoms in total. The summed E-state index contributed by atoms with van der Waals surface area (Å²) in [7, 11) is -6.99. The van der Waals surface area contributed by atoms with Crippen molar-refractivity contribution in [2.75, 3.05) is 37.8 Å². The molecule has 2 saturated heterocycles. The maximum Gasteiger partial charge on any atom is 0.254 e. The van der Waals surface area contributed by atoms with Crippen LogP contribution >= 0.6 is 0 Å². The molecule has 1 aromatic carbocycles. The van der Waals surface area contributed by atoms with Crippen molar-refractivity contribution in [3.05, 3.63) is 29.8 Å². The summed E-state index contributed by atoms with van der Waals surface area (Å²) in [5.41, 5.74) is 0.407. The van der Waals surface area contributed by atoms with Gasteiger partial charge in [-0.25, -0.2) is 21.6 Å². The third-order valence-electron chi connectivity index (χ3n) is 4.26. The Morgan fingerprint density at radius 2 is 1.80 bits per heavy atom. The fraction of sp³-hybridized carbons (Fsp3) is 0.533. The molecule has 2 fully saturated rings. The number of sulfonamides is 1. The van der Waals surface area contributed by atoms with E-state index in [4.69, 9.17) is 4.74 Å². The van der Waals surface area contributed by atoms with Gasteiger partial charge in [-0.1, -0.05) is 0 Å². The molecule has 0 saturated carbocycles. The van der Waals surface area contributed by atoms with E-state index in [9.17, 15) is 21.6 Å². The number of sulfone groups is 1. The molecule has 2 aliphatic rings. The summed E-state index contributed by atoms with van der Waals surface area (Å²) in [5, 5.41) is 0. The van der Waals surface area contributed by atoms with Crippen molar-refractivity contribution < 1.29 is 26.4 Å². The highest BCUT2D eigenvalue weighted by Gasteiger charge is 2.31. The number of nitrogens with zero attached hydrogens (tertiary/aromatic N) is 1. The van der Waals surface area contributed by atoms with Crippen LogP contribution in [-0.4, -0.2) is 71.5 Å². The Labute approximate surface area is 147 Å². The van der Waals surface area contributed by atoms with Crippen molar-refractivity contribution in [2.45, 2.75) is 17.4 Å². The fourth-order valence-corrected chi connectivity index (χ4v) is 5.95. The first-order valence-electron chi connectivity index (χ1n) is 7.97. The highest BCUT2D eigenvalue weighted by molar-refractivity contribution is 7.92. The topological polar surface area (TPSA) is 110 Å². The molecule has 2 aliphatic heterocycles. The van der Waals surface area contributed by atoms with E-state index < -0.39 is 25.9 Å². The maximum atomic E-state index is 12.4. The predicted octanol–water partition coefficient (Wildman–Crippen LogP) is -0.376. The third-order valence-corrected chi connectivity index (χ3v) is 7.57. The Hall–Kier alpha value is -1.49. The molecule has 1 N–H and O–H groups in total. The molecule has 138 valence electrons. The van der Waals surface area contributed by atoms with E-state index >= 15 is 0 Å². The van der Waals surface area contributed by atoms with Crippen LogP contribution in [0.3, 0.4) is 0 Å². The lowest BCUT2D eigenvalue weighted by molar-refractivity contribution is 0.0303. The summed E-state index contributed by atoms with van der Waals surface area (Å²) in [6.45, 7) is 2.01. The number of hydrogen-bond donors (Lipinski definition) is 1. The number of benzene rings is 1. The van der Waals surface area contributed by atoms with Crippen molar-refractivity contribution in [3.63, 3.8) is 0 Å². The highest BCUT2D eigenvalue weighted by Crippen LogP contribution is 2.17. The first-order valence-corrected chi connectivity index (χ1v) is 11.3. The summed E-state index contributed by atoms with van der Waals surface area (Å²) in [4.78, 5) is 14.0. The van der Waals surface area contributed by atoms with Gasteiger partial charge in [0.1, 0.15) is 0 Å². The van der Waals surface area contributed by atoms with Crippen LogP contribution in [0.2, 0.25) is 0 Å². The number of hydrogen-bond acceptors (Lipinski definition) is 6. The monoisotopic (exact) mass is 388 g/mol. The second kappa shape index (κ2) is 7.02. The van der Waals surface area contributed by atoms with E-state index in [2.05, 4.69) is 4.72 Å². The Morgan fingerprint density at radius 3 is 2.36 bits per heavy atom. The summed E-state index contributed by atoms with van der Waals surface area (Å²) in [6.07, 6.45) is 0.273. The zero-order chi connectivity index (χ0) is 18.1. The van der Waals surface area contributed by atoms with Gasteiger partial charge >= 0.3 is 0 Å². The summed E-state index contributed by atoms with van der Waals surface area (Å²) in [5.74, 6) is -0.352. The summed E-state index contributed by atoms with van der Waals surface area (Å²) >= 11 is 0. The quantitative estimate of drug-likeness (QED) is 0.753. The molecule has 25 heavy (non-hydrogen) atoms. The first kappa shape index (κ1) is 18.3. The Bertz CT molecular complexity index is 843. The number of nitrogens with one attached hydrogen (secondary N) is 1. The molecular weight excluding hydrogens is 368 g/mol. The number of carbonyl (C=O) groups is 1. The molecule has 1 aromatic rings. The van der Waals surface area contributed by atoms with E-state index in [0.29, 0.717) is 31.9 Å². The van der Waals surface area contributed by atoms with Gasteiger partial charge in [0.2, 0.25) is 10.0 Å². The average Bonchev–Trinajstić information content (AvgIpc) is 2.93. The third kappa shape index (κ3) is 4.38. The van der Waals surface area contributed by atoms with Crippen molar-refractivity contribution >= 4 is 25.8 Å². The number of carbonyl (C=O) groups excluding carboxylic acids is 1. The normalized spacial score (nSPS) is 23.5. The minimum Gasteiger partial charge on any atom is -0.378 e. The van der Waals surface area contributed by atoms with Gasteiger partial charge in [-0.3, -0.25) is 4.79 Å². The first-order chi connectivity index (χ1) is 11.8. The van der Waals surface area contributed by atoms with E-state index in [-0.39, 0.29) is 28.7 Å². The second-order valence-electron chi connectivity index (χ2n) is 6.15. The highest BCUT2D eigenvalue weighted by atomic mass is 32.2. The van der Waals surface area contributed by atoms with Crippen molar-refractivity contribution in [3.8, 4) is 0 Å². The standard InChI is InChI=1S/C15H20N2O6S2/c18-15(17-6-8-23-9-7-17)12-1-3-14(4-2-12)25(21,22)16-13-5-10-24(19,20)11-13/h1-4,13,16H,5-11H2/t13-/m1/s1. The summed E-state index contributed by atoms with van der Waals surface area (Å²) < 4.78 is 55.2. The fourth-order valence-electron chi connectivity index (χ4n) is 2.90. The molecule has 0 unspecified atom stereocenters. The predicted molar refractivity (Wildman–Crippen MR) is 90.5 cm³/mol. The van der Waals surface area contributed by atoms with Crippen LogP contribution in [0.25, 0.3) is 0 Å². The van der Waals surface area contributed by atoms with Gasteiger partial charge in [-0.05, 0) is 30.7 Å². The zero-order valence-corrected chi connectivity index (χ0v) is 15.2. The molecule has 0 aliphatic carbocycles. The van der Waals surface area contributed by atoms with Crippen LogP contribution in [-0.2, 0) is 24.6 Å². The van der Waals surface area contributed by atoms with Crippen LogP contribution in [0.15, 0.2) is 29.2 Å². The second-order valence-corrected chi connectivity index (χ2v) is 10.1. The van der Waals surface area contributed by atoms with E-state index in [0.717, 1.165) is 0 Å². The van der Waals surface area contributed by atoms with E-state index in [1.807, 2.05) is 0 Å². The van der Waals surface area contributed by atoms with Crippen molar-refractivity contribution in [1.29, 1.82) is 0 Å². The molecular formula is C15H20N2O6S2. The van der Waals surface area contributed by atoms with Gasteiger partial charge in [0, 0.05) is 24.7 Å². The molecule has 0 aromatic heterocycles. The average molecular weight is 388 g/mol. The number of amides is 1. The Morgan fingerprint density at radius 1 is 1.16 bits per heavy atom. The van der Waals surface area contributed by atoms with Crippen LogP contribution in [0.5, 0.6) is 0 Å². The minimum absolute atomic E-state index is 0.00677. The number of morpholine rings is 1. The molecule has 1 atom stereocenters. The molecule has 0 spiro atoms. The maximum absolute atomic E-state index is 12.4. The Balaban J connectivity index is 1.69. The van der Waals surface area contributed by atoms with Crippen LogP contribution in [0.1, 0.15) is 16.8 Å². The van der Waals surface area contributed by atoms with Gasteiger partial charge in [0.25, 0.3) is 5.91 Å². The number of ether oxygens (including phenoxy) is 1. The SMILES string of the molecule is O=C(c1ccc(S(=O)(=O)N[C@@H]2CCS(=O)(=O)C2)cc1)N1CCOCC1. The smallest absolute Gasteiger partial charge is 0.254 e. The van der Waals surface area contributed by atoms with Gasteiger partial charge in [0.15, 0.2) is 9.84 Å². The zero-order valence-electron chi connectivity index (χ0n) is 13.5. The van der Waals surface area contributed by atoms with Crippen molar-refractivity contribution in [2.24, 2.45) is 0 Å². The van der Waals surface area contributed by atoms with E-state index in [1.165, 1.54) is 24.3 Å². The van der Waals surface area contributed by atoms with Crippen LogP contribution in [0.4, 0.5) is 0 Å². The minimum atomic E-state index is -3.82. The van der Waals surface area contributed by atoms with Crippen LogP contribution in [0, 0.1) is 0 Å². The van der Waals surface area contributed by atoms with Crippen molar-refractivity contribution in [1.82, 2.24) is 9.62 Å². The van der Waals surface area contributed by atoms with Crippen LogP contribution < -0.4 is 4.72 Å². The lowest BCUT2D eigenvalue weighted by Gasteiger charge is -2.26. The lowest BCUT2D eigenvalue weighted by atomic mass is 10.2. The molecule has 3 rings (SSSR count). The molecule has 2 heterocycles. The van der Waals surface area contributed by atoms with Gasteiger partial charge in [-0.2, -0.15) is 0 Å². The molecule has 0 bridgehead atoms. The molecule has 1 amide bonds.